The molecule has 1 saturated heterocycles. The third-order valence-electron chi connectivity index (χ3n) is 3.44. The summed E-state index contributed by atoms with van der Waals surface area (Å²) >= 11 is 0. The van der Waals surface area contributed by atoms with Crippen LogP contribution in [0.3, 0.4) is 0 Å². The maximum atomic E-state index is 11.9. The average molecular weight is 237 g/mol. The molecule has 0 spiro atoms. The lowest BCUT2D eigenvalue weighted by Gasteiger charge is -2.15. The minimum atomic E-state index is -0.0597. The monoisotopic (exact) mass is 237 g/mol. The van der Waals surface area contributed by atoms with Crippen LogP contribution < -0.4 is 10.6 Å². The van der Waals surface area contributed by atoms with Gasteiger partial charge in [0.2, 0.25) is 5.91 Å². The molecule has 1 amide bonds. The van der Waals surface area contributed by atoms with E-state index in [9.17, 15) is 4.79 Å². The molecule has 1 fully saturated rings. The minimum absolute atomic E-state index is 0.0597. The van der Waals surface area contributed by atoms with Gasteiger partial charge in [-0.05, 0) is 32.7 Å². The van der Waals surface area contributed by atoms with Crippen molar-refractivity contribution in [2.75, 3.05) is 6.54 Å². The number of carbonyl (C=O) groups is 1. The van der Waals surface area contributed by atoms with Gasteiger partial charge in [0, 0.05) is 12.1 Å². The molecule has 0 saturated carbocycles. The van der Waals surface area contributed by atoms with E-state index in [1.807, 2.05) is 13.8 Å². The first-order valence-electron chi connectivity index (χ1n) is 6.02. The second-order valence-electron chi connectivity index (χ2n) is 4.72. The summed E-state index contributed by atoms with van der Waals surface area (Å²) in [6.07, 6.45) is 1.06. The van der Waals surface area contributed by atoms with Crippen LogP contribution in [0.1, 0.15) is 30.4 Å². The number of aryl methyl sites for hydroxylation is 2. The van der Waals surface area contributed by atoms with Gasteiger partial charge >= 0.3 is 0 Å². The Hall–Kier alpha value is -1.36. The SMILES string of the molecule is Cc1noc(C)c1CNC(=O)C1NCCC1C. The van der Waals surface area contributed by atoms with Gasteiger partial charge in [-0.3, -0.25) is 4.79 Å². The Morgan fingerprint density at radius 2 is 2.35 bits per heavy atom. The largest absolute Gasteiger partial charge is 0.361 e. The van der Waals surface area contributed by atoms with Crippen LogP contribution >= 0.6 is 0 Å². The molecular weight excluding hydrogens is 218 g/mol. The molecule has 1 aliphatic heterocycles. The van der Waals surface area contributed by atoms with E-state index in [0.29, 0.717) is 12.5 Å². The summed E-state index contributed by atoms with van der Waals surface area (Å²) in [5.41, 5.74) is 1.82. The summed E-state index contributed by atoms with van der Waals surface area (Å²) in [5.74, 6) is 1.24. The van der Waals surface area contributed by atoms with Crippen LogP contribution in [0.25, 0.3) is 0 Å². The van der Waals surface area contributed by atoms with Gasteiger partial charge in [0.1, 0.15) is 5.76 Å². The van der Waals surface area contributed by atoms with Gasteiger partial charge in [0.25, 0.3) is 0 Å². The first-order chi connectivity index (χ1) is 8.09. The van der Waals surface area contributed by atoms with E-state index in [1.165, 1.54) is 0 Å². The van der Waals surface area contributed by atoms with Crippen molar-refractivity contribution in [2.24, 2.45) is 5.92 Å². The van der Waals surface area contributed by atoms with Crippen molar-refractivity contribution in [3.05, 3.63) is 17.0 Å². The van der Waals surface area contributed by atoms with Gasteiger partial charge in [-0.2, -0.15) is 0 Å². The van der Waals surface area contributed by atoms with Crippen molar-refractivity contribution in [1.29, 1.82) is 0 Å². The number of hydrogen-bond acceptors (Lipinski definition) is 4. The molecule has 2 atom stereocenters. The zero-order chi connectivity index (χ0) is 12.4. The third kappa shape index (κ3) is 2.49. The predicted octanol–water partition coefficient (Wildman–Crippen LogP) is 0.906. The van der Waals surface area contributed by atoms with E-state index in [2.05, 4.69) is 22.7 Å². The van der Waals surface area contributed by atoms with Crippen molar-refractivity contribution >= 4 is 5.91 Å². The highest BCUT2D eigenvalue weighted by atomic mass is 16.5. The molecule has 1 aromatic rings. The fraction of sp³-hybridized carbons (Fsp3) is 0.667. The Labute approximate surface area is 101 Å². The lowest BCUT2D eigenvalue weighted by atomic mass is 10.0. The first kappa shape index (κ1) is 12.1. The van der Waals surface area contributed by atoms with Crippen molar-refractivity contribution in [2.45, 2.75) is 39.8 Å². The molecule has 17 heavy (non-hydrogen) atoms. The van der Waals surface area contributed by atoms with Crippen molar-refractivity contribution < 1.29 is 9.32 Å². The summed E-state index contributed by atoms with van der Waals surface area (Å²) < 4.78 is 5.06. The van der Waals surface area contributed by atoms with Crippen LogP contribution in [0, 0.1) is 19.8 Å². The zero-order valence-electron chi connectivity index (χ0n) is 10.5. The Bertz CT molecular complexity index is 394. The highest BCUT2D eigenvalue weighted by Crippen LogP contribution is 2.15. The Morgan fingerprint density at radius 1 is 1.59 bits per heavy atom. The van der Waals surface area contributed by atoms with Crippen LogP contribution in [-0.4, -0.2) is 23.7 Å². The summed E-state index contributed by atoms with van der Waals surface area (Å²) in [6, 6.07) is -0.0597. The second-order valence-corrected chi connectivity index (χ2v) is 4.72. The van der Waals surface area contributed by atoms with Gasteiger partial charge in [-0.1, -0.05) is 12.1 Å². The molecule has 1 aromatic heterocycles. The summed E-state index contributed by atoms with van der Waals surface area (Å²) in [5, 5.41) is 10.0. The number of hydrogen-bond donors (Lipinski definition) is 2. The van der Waals surface area contributed by atoms with Crippen LogP contribution in [0.15, 0.2) is 4.52 Å². The smallest absolute Gasteiger partial charge is 0.237 e. The number of rotatable bonds is 3. The van der Waals surface area contributed by atoms with Crippen LogP contribution in [0.4, 0.5) is 0 Å². The standard InChI is InChI=1S/C12H19N3O2/c1-7-4-5-13-11(7)12(16)14-6-10-8(2)15-17-9(10)3/h7,11,13H,4-6H2,1-3H3,(H,14,16). The molecule has 0 aliphatic carbocycles. The number of nitrogens with zero attached hydrogens (tertiary/aromatic N) is 1. The minimum Gasteiger partial charge on any atom is -0.361 e. The van der Waals surface area contributed by atoms with Crippen molar-refractivity contribution in [3.8, 4) is 0 Å². The molecule has 2 heterocycles. The van der Waals surface area contributed by atoms with Crippen molar-refractivity contribution in [3.63, 3.8) is 0 Å². The Morgan fingerprint density at radius 3 is 2.88 bits per heavy atom. The Balaban J connectivity index is 1.92. The average Bonchev–Trinajstić information content (AvgIpc) is 2.84. The van der Waals surface area contributed by atoms with Crippen LogP contribution in [-0.2, 0) is 11.3 Å². The van der Waals surface area contributed by atoms with Gasteiger partial charge in [0.15, 0.2) is 0 Å². The lowest BCUT2D eigenvalue weighted by molar-refractivity contribution is -0.123. The molecule has 5 heteroatoms. The summed E-state index contributed by atoms with van der Waals surface area (Å²) in [4.78, 5) is 11.9. The van der Waals surface area contributed by atoms with Gasteiger partial charge in [-0.25, -0.2) is 0 Å². The van der Waals surface area contributed by atoms with E-state index in [0.717, 1.165) is 30.0 Å². The van der Waals surface area contributed by atoms with Crippen LogP contribution in [0.2, 0.25) is 0 Å². The number of carbonyl (C=O) groups excluding carboxylic acids is 1. The predicted molar refractivity (Wildman–Crippen MR) is 63.4 cm³/mol. The van der Waals surface area contributed by atoms with Gasteiger partial charge in [-0.15, -0.1) is 0 Å². The van der Waals surface area contributed by atoms with E-state index in [4.69, 9.17) is 4.52 Å². The fourth-order valence-corrected chi connectivity index (χ4v) is 2.23. The molecule has 5 nitrogen and oxygen atoms in total. The van der Waals surface area contributed by atoms with Crippen molar-refractivity contribution in [1.82, 2.24) is 15.8 Å². The molecule has 2 rings (SSSR count). The normalized spacial score (nSPS) is 23.9. The van der Waals surface area contributed by atoms with E-state index in [-0.39, 0.29) is 11.9 Å². The molecular formula is C12H19N3O2. The molecule has 0 radical (unpaired) electrons. The quantitative estimate of drug-likeness (QED) is 0.820. The highest BCUT2D eigenvalue weighted by Gasteiger charge is 2.29. The molecule has 0 bridgehead atoms. The summed E-state index contributed by atoms with van der Waals surface area (Å²) in [7, 11) is 0. The molecule has 2 N–H and O–H groups in total. The lowest BCUT2D eigenvalue weighted by Crippen LogP contribution is -2.43. The van der Waals surface area contributed by atoms with E-state index in [1.54, 1.807) is 0 Å². The molecule has 94 valence electrons. The van der Waals surface area contributed by atoms with E-state index < -0.39 is 0 Å². The zero-order valence-corrected chi connectivity index (χ0v) is 10.5. The second kappa shape index (κ2) is 4.87. The topological polar surface area (TPSA) is 67.2 Å². The maximum Gasteiger partial charge on any atom is 0.237 e. The molecule has 0 aromatic carbocycles. The molecule has 1 aliphatic rings. The molecule has 2 unspecified atom stereocenters. The fourth-order valence-electron chi connectivity index (χ4n) is 2.23. The van der Waals surface area contributed by atoms with Crippen LogP contribution in [0.5, 0.6) is 0 Å². The van der Waals surface area contributed by atoms with Gasteiger partial charge < -0.3 is 15.2 Å². The highest BCUT2D eigenvalue weighted by molar-refractivity contribution is 5.82. The first-order valence-corrected chi connectivity index (χ1v) is 6.02. The third-order valence-corrected chi connectivity index (χ3v) is 3.44. The summed E-state index contributed by atoms with van der Waals surface area (Å²) in [6.45, 7) is 7.25. The Kier molecular flexibility index (Phi) is 3.47. The number of amides is 1. The maximum absolute atomic E-state index is 11.9. The number of nitrogens with one attached hydrogen (secondary N) is 2. The van der Waals surface area contributed by atoms with Gasteiger partial charge in [0.05, 0.1) is 11.7 Å². The number of aromatic nitrogens is 1. The van der Waals surface area contributed by atoms with E-state index >= 15 is 0 Å².